The van der Waals surface area contributed by atoms with E-state index in [0.717, 1.165) is 10.1 Å². The molecule has 0 saturated heterocycles. The van der Waals surface area contributed by atoms with Gasteiger partial charge in [-0.3, -0.25) is 13.9 Å². The van der Waals surface area contributed by atoms with E-state index in [2.05, 4.69) is 5.32 Å². The van der Waals surface area contributed by atoms with Gasteiger partial charge in [0.2, 0.25) is 0 Å². The first kappa shape index (κ1) is 12.9. The summed E-state index contributed by atoms with van der Waals surface area (Å²) >= 11 is 0. The summed E-state index contributed by atoms with van der Waals surface area (Å²) in [6, 6.07) is 9.63. The molecule has 0 saturated carbocycles. The fraction of sp³-hybridized carbons (Fsp3) is 0.231. The topological polar surface area (TPSA) is 82.0 Å². The van der Waals surface area contributed by atoms with E-state index in [0.29, 0.717) is 6.54 Å². The zero-order valence-electron chi connectivity index (χ0n) is 10.9. The predicted octanol–water partition coefficient (Wildman–Crippen LogP) is 0.278. The molecule has 6 heteroatoms. The molecule has 1 heterocycles. The molecule has 1 aromatic carbocycles. The number of anilines is 2. The maximum Gasteiger partial charge on any atom is 0.332 e. The van der Waals surface area contributed by atoms with E-state index in [9.17, 15) is 9.59 Å². The van der Waals surface area contributed by atoms with Crippen molar-refractivity contribution < 1.29 is 0 Å². The molecule has 2 rings (SSSR count). The zero-order chi connectivity index (χ0) is 14.0. The lowest BCUT2D eigenvalue weighted by molar-refractivity contribution is 0.695. The van der Waals surface area contributed by atoms with Gasteiger partial charge in [-0.15, -0.1) is 0 Å². The number of nitrogen functional groups attached to an aromatic ring is 1. The van der Waals surface area contributed by atoms with Gasteiger partial charge in [0.05, 0.1) is 0 Å². The van der Waals surface area contributed by atoms with Crippen LogP contribution < -0.4 is 22.3 Å². The molecule has 6 nitrogen and oxygen atoms in total. The van der Waals surface area contributed by atoms with E-state index < -0.39 is 11.2 Å². The fourth-order valence-corrected chi connectivity index (χ4v) is 1.81. The van der Waals surface area contributed by atoms with Crippen molar-refractivity contribution in [1.29, 1.82) is 0 Å². The Morgan fingerprint density at radius 1 is 1.11 bits per heavy atom. The third kappa shape index (κ3) is 2.37. The van der Waals surface area contributed by atoms with Gasteiger partial charge in [-0.2, -0.15) is 0 Å². The average Bonchev–Trinajstić information content (AvgIpc) is 2.44. The lowest BCUT2D eigenvalue weighted by atomic mass is 10.2. The lowest BCUT2D eigenvalue weighted by Gasteiger charge is -2.13. The van der Waals surface area contributed by atoms with Crippen molar-refractivity contribution in [2.45, 2.75) is 6.54 Å². The highest BCUT2D eigenvalue weighted by Crippen LogP contribution is 2.10. The number of rotatable bonds is 3. The first-order valence-corrected chi connectivity index (χ1v) is 5.85. The van der Waals surface area contributed by atoms with Gasteiger partial charge in [0, 0.05) is 20.6 Å². The zero-order valence-corrected chi connectivity index (χ0v) is 10.9. The Morgan fingerprint density at radius 2 is 1.74 bits per heavy atom. The molecule has 0 bridgehead atoms. The first-order valence-electron chi connectivity index (χ1n) is 5.85. The van der Waals surface area contributed by atoms with Crippen LogP contribution in [-0.2, 0) is 20.6 Å². The number of nitrogens with two attached hydrogens (primary N) is 1. The highest BCUT2D eigenvalue weighted by atomic mass is 16.2. The Bertz CT molecular complexity index is 701. The summed E-state index contributed by atoms with van der Waals surface area (Å²) in [5.74, 6) is 0.143. The average molecular weight is 260 g/mol. The van der Waals surface area contributed by atoms with Crippen molar-refractivity contribution in [3.8, 4) is 0 Å². The van der Waals surface area contributed by atoms with E-state index in [-0.39, 0.29) is 11.5 Å². The number of hydrogen-bond acceptors (Lipinski definition) is 4. The highest BCUT2D eigenvalue weighted by molar-refractivity contribution is 5.60. The summed E-state index contributed by atoms with van der Waals surface area (Å²) in [6.07, 6.45) is 0. The molecular formula is C13H16N4O2. The van der Waals surface area contributed by atoms with Crippen LogP contribution in [0, 0.1) is 0 Å². The van der Waals surface area contributed by atoms with Crippen molar-refractivity contribution >= 4 is 11.5 Å². The molecule has 0 fully saturated rings. The van der Waals surface area contributed by atoms with Crippen LogP contribution in [0.2, 0.25) is 0 Å². The highest BCUT2D eigenvalue weighted by Gasteiger charge is 2.12. The molecule has 1 aromatic heterocycles. The maximum absolute atomic E-state index is 12.0. The van der Waals surface area contributed by atoms with Crippen molar-refractivity contribution in [1.82, 2.24) is 9.13 Å². The van der Waals surface area contributed by atoms with Crippen LogP contribution in [0.1, 0.15) is 5.56 Å². The lowest BCUT2D eigenvalue weighted by Crippen LogP contribution is -2.39. The molecule has 0 atom stereocenters. The van der Waals surface area contributed by atoms with Crippen LogP contribution in [0.15, 0.2) is 39.9 Å². The molecule has 0 amide bonds. The third-order valence-electron chi connectivity index (χ3n) is 3.02. The largest absolute Gasteiger partial charge is 0.383 e. The molecule has 0 spiro atoms. The SMILES string of the molecule is Cn1c(N)c(NCc2ccccc2)c(=O)n(C)c1=O. The second kappa shape index (κ2) is 5.01. The van der Waals surface area contributed by atoms with E-state index >= 15 is 0 Å². The maximum atomic E-state index is 12.0. The fourth-order valence-electron chi connectivity index (χ4n) is 1.81. The normalized spacial score (nSPS) is 10.4. The van der Waals surface area contributed by atoms with Gasteiger partial charge in [0.15, 0.2) is 0 Å². The van der Waals surface area contributed by atoms with Gasteiger partial charge in [-0.05, 0) is 5.56 Å². The van der Waals surface area contributed by atoms with Crippen LogP contribution in [-0.4, -0.2) is 9.13 Å². The van der Waals surface area contributed by atoms with Crippen molar-refractivity contribution in [2.75, 3.05) is 11.1 Å². The predicted molar refractivity (Wildman–Crippen MR) is 75.1 cm³/mol. The summed E-state index contributed by atoms with van der Waals surface area (Å²) < 4.78 is 2.28. The standard InChI is InChI=1S/C13H16N4O2/c1-16-11(14)10(12(18)17(2)13(16)19)15-8-9-6-4-3-5-7-9/h3-7,15H,8,14H2,1-2H3. The third-order valence-corrected chi connectivity index (χ3v) is 3.02. The minimum Gasteiger partial charge on any atom is -0.383 e. The number of nitrogens with one attached hydrogen (secondary N) is 1. The summed E-state index contributed by atoms with van der Waals surface area (Å²) in [4.78, 5) is 23.6. The number of hydrogen-bond donors (Lipinski definition) is 2. The Labute approximate surface area is 110 Å². The molecule has 0 aliphatic rings. The summed E-state index contributed by atoms with van der Waals surface area (Å²) in [7, 11) is 2.96. The van der Waals surface area contributed by atoms with Gasteiger partial charge in [-0.1, -0.05) is 30.3 Å². The van der Waals surface area contributed by atoms with Gasteiger partial charge in [-0.25, -0.2) is 4.79 Å². The van der Waals surface area contributed by atoms with Gasteiger partial charge >= 0.3 is 5.69 Å². The van der Waals surface area contributed by atoms with Crippen LogP contribution in [0.3, 0.4) is 0 Å². The Hall–Kier alpha value is -2.50. The Morgan fingerprint density at radius 3 is 2.37 bits per heavy atom. The number of nitrogens with zero attached hydrogens (tertiary/aromatic N) is 2. The minimum absolute atomic E-state index is 0.143. The van der Waals surface area contributed by atoms with Crippen LogP contribution in [0.25, 0.3) is 0 Å². The Balaban J connectivity index is 2.37. The second-order valence-electron chi connectivity index (χ2n) is 4.31. The smallest absolute Gasteiger partial charge is 0.332 e. The summed E-state index contributed by atoms with van der Waals surface area (Å²) in [6.45, 7) is 0.471. The van der Waals surface area contributed by atoms with E-state index in [1.165, 1.54) is 18.7 Å². The monoisotopic (exact) mass is 260 g/mol. The molecule has 0 aliphatic heterocycles. The molecule has 19 heavy (non-hydrogen) atoms. The number of benzene rings is 1. The minimum atomic E-state index is -0.437. The second-order valence-corrected chi connectivity index (χ2v) is 4.31. The summed E-state index contributed by atoms with van der Waals surface area (Å²) in [5.41, 5.74) is 6.22. The van der Waals surface area contributed by atoms with E-state index in [1.807, 2.05) is 30.3 Å². The van der Waals surface area contributed by atoms with Crippen LogP contribution in [0.5, 0.6) is 0 Å². The molecular weight excluding hydrogens is 244 g/mol. The Kier molecular flexibility index (Phi) is 3.41. The van der Waals surface area contributed by atoms with Crippen LogP contribution >= 0.6 is 0 Å². The van der Waals surface area contributed by atoms with Crippen molar-refractivity contribution in [3.63, 3.8) is 0 Å². The van der Waals surface area contributed by atoms with Crippen molar-refractivity contribution in [2.24, 2.45) is 14.1 Å². The van der Waals surface area contributed by atoms with Gasteiger partial charge in [0.25, 0.3) is 5.56 Å². The first-order chi connectivity index (χ1) is 9.02. The molecule has 0 unspecified atom stereocenters. The van der Waals surface area contributed by atoms with Gasteiger partial charge < -0.3 is 11.1 Å². The van der Waals surface area contributed by atoms with Crippen molar-refractivity contribution in [3.05, 3.63) is 56.7 Å². The van der Waals surface area contributed by atoms with E-state index in [1.54, 1.807) is 0 Å². The molecule has 100 valence electrons. The quantitative estimate of drug-likeness (QED) is 0.830. The van der Waals surface area contributed by atoms with Crippen LogP contribution in [0.4, 0.5) is 11.5 Å². The molecule has 0 aliphatic carbocycles. The number of aromatic nitrogens is 2. The molecule has 3 N–H and O–H groups in total. The molecule has 2 aromatic rings. The summed E-state index contributed by atoms with van der Waals surface area (Å²) in [5, 5.41) is 2.99. The molecule has 0 radical (unpaired) electrons. The van der Waals surface area contributed by atoms with E-state index in [4.69, 9.17) is 5.73 Å². The van der Waals surface area contributed by atoms with Gasteiger partial charge in [0.1, 0.15) is 11.5 Å².